The fourth-order valence-corrected chi connectivity index (χ4v) is 2.14. The molecule has 0 radical (unpaired) electrons. The zero-order valence-electron chi connectivity index (χ0n) is 10.9. The molecule has 0 fully saturated rings. The van der Waals surface area contributed by atoms with Crippen molar-refractivity contribution in [3.63, 3.8) is 0 Å². The Morgan fingerprint density at radius 1 is 1.22 bits per heavy atom. The Morgan fingerprint density at radius 3 is 2.50 bits per heavy atom. The normalized spacial score (nSPS) is 12.4. The van der Waals surface area contributed by atoms with Crippen molar-refractivity contribution < 1.29 is 9.90 Å². The Hall–Kier alpha value is -0.670. The first-order valence-corrected chi connectivity index (χ1v) is 7.39. The monoisotopic (exact) mass is 312 g/mol. The zero-order chi connectivity index (χ0) is 13.4. The van der Waals surface area contributed by atoms with E-state index in [2.05, 4.69) is 22.9 Å². The molecule has 0 aliphatic rings. The molecule has 0 saturated heterocycles. The lowest BCUT2D eigenvalue weighted by Crippen LogP contribution is -2.13. The highest BCUT2D eigenvalue weighted by molar-refractivity contribution is 9.10. The van der Waals surface area contributed by atoms with Gasteiger partial charge in [-0.25, -0.2) is 0 Å². The summed E-state index contributed by atoms with van der Waals surface area (Å²) in [6.07, 6.45) is 4.98. The summed E-state index contributed by atoms with van der Waals surface area (Å²) < 4.78 is 0.958. The van der Waals surface area contributed by atoms with E-state index < -0.39 is 6.10 Å². The number of hydrogen-bond donors (Lipinski definition) is 1. The molecule has 1 rings (SSSR count). The Morgan fingerprint density at radius 2 is 1.89 bits per heavy atom. The van der Waals surface area contributed by atoms with E-state index in [0.717, 1.165) is 23.7 Å². The maximum absolute atomic E-state index is 11.9. The van der Waals surface area contributed by atoms with Gasteiger partial charge in [0.25, 0.3) is 0 Å². The van der Waals surface area contributed by atoms with Crippen molar-refractivity contribution in [2.24, 2.45) is 0 Å². The third-order valence-electron chi connectivity index (χ3n) is 2.98. The summed E-state index contributed by atoms with van der Waals surface area (Å²) in [6, 6.07) is 7.27. The lowest BCUT2D eigenvalue weighted by Gasteiger charge is -2.09. The lowest BCUT2D eigenvalue weighted by molar-refractivity contribution is 0.0864. The van der Waals surface area contributed by atoms with Crippen LogP contribution in [0.2, 0.25) is 0 Å². The van der Waals surface area contributed by atoms with Gasteiger partial charge in [0.15, 0.2) is 5.78 Å². The largest absolute Gasteiger partial charge is 0.393 e. The highest BCUT2D eigenvalue weighted by atomic mass is 79.9. The fraction of sp³-hybridized carbons (Fsp3) is 0.533. The van der Waals surface area contributed by atoms with Crippen LogP contribution in [0.5, 0.6) is 0 Å². The minimum absolute atomic E-state index is 0.0190. The summed E-state index contributed by atoms with van der Waals surface area (Å²) in [7, 11) is 0. The van der Waals surface area contributed by atoms with Gasteiger partial charge in [0, 0.05) is 16.5 Å². The van der Waals surface area contributed by atoms with Crippen LogP contribution in [-0.2, 0) is 0 Å². The molecule has 0 heterocycles. The van der Waals surface area contributed by atoms with Crippen molar-refractivity contribution in [3.05, 3.63) is 34.3 Å². The average Bonchev–Trinajstić information content (AvgIpc) is 2.35. The van der Waals surface area contributed by atoms with E-state index in [1.807, 2.05) is 12.1 Å². The van der Waals surface area contributed by atoms with Crippen LogP contribution in [0.4, 0.5) is 0 Å². The van der Waals surface area contributed by atoms with Gasteiger partial charge in [-0.1, -0.05) is 60.7 Å². The van der Waals surface area contributed by atoms with Crippen molar-refractivity contribution in [1.82, 2.24) is 0 Å². The molecule has 0 aliphatic heterocycles. The molecule has 0 saturated carbocycles. The SMILES string of the molecule is CCCCCCC(O)CC(=O)c1ccc(Br)cc1. The van der Waals surface area contributed by atoms with Gasteiger partial charge in [0.1, 0.15) is 0 Å². The van der Waals surface area contributed by atoms with Gasteiger partial charge in [0.2, 0.25) is 0 Å². The lowest BCUT2D eigenvalue weighted by atomic mass is 10.0. The summed E-state index contributed by atoms with van der Waals surface area (Å²) in [6.45, 7) is 2.16. The molecule has 18 heavy (non-hydrogen) atoms. The summed E-state index contributed by atoms with van der Waals surface area (Å²) in [4.78, 5) is 11.9. The van der Waals surface area contributed by atoms with Crippen LogP contribution in [0.15, 0.2) is 28.7 Å². The second kappa shape index (κ2) is 8.44. The van der Waals surface area contributed by atoms with Crippen LogP contribution in [0.25, 0.3) is 0 Å². The van der Waals surface area contributed by atoms with Crippen molar-refractivity contribution in [3.8, 4) is 0 Å². The van der Waals surface area contributed by atoms with Crippen molar-refractivity contribution in [2.75, 3.05) is 0 Å². The summed E-state index contributed by atoms with van der Waals surface area (Å²) >= 11 is 3.33. The summed E-state index contributed by atoms with van der Waals surface area (Å²) in [5.41, 5.74) is 0.672. The van der Waals surface area contributed by atoms with Crippen LogP contribution in [0.3, 0.4) is 0 Å². The van der Waals surface area contributed by atoms with Gasteiger partial charge >= 0.3 is 0 Å². The predicted octanol–water partition coefficient (Wildman–Crippen LogP) is 4.35. The van der Waals surface area contributed by atoms with E-state index in [-0.39, 0.29) is 12.2 Å². The Balaban J connectivity index is 2.33. The number of aliphatic hydroxyl groups is 1. The fourth-order valence-electron chi connectivity index (χ4n) is 1.88. The maximum atomic E-state index is 11.9. The van der Waals surface area contributed by atoms with Crippen molar-refractivity contribution >= 4 is 21.7 Å². The van der Waals surface area contributed by atoms with Crippen molar-refractivity contribution in [1.29, 1.82) is 0 Å². The van der Waals surface area contributed by atoms with Gasteiger partial charge in [-0.2, -0.15) is 0 Å². The third kappa shape index (κ3) is 5.78. The molecule has 1 atom stereocenters. The first-order valence-electron chi connectivity index (χ1n) is 6.60. The van der Waals surface area contributed by atoms with Gasteiger partial charge in [-0.05, 0) is 18.6 Å². The van der Waals surface area contributed by atoms with Gasteiger partial charge < -0.3 is 5.11 Å². The molecule has 0 bridgehead atoms. The van der Waals surface area contributed by atoms with Gasteiger partial charge in [-0.3, -0.25) is 4.79 Å². The quantitative estimate of drug-likeness (QED) is 0.572. The number of rotatable bonds is 8. The molecule has 100 valence electrons. The van der Waals surface area contributed by atoms with Crippen LogP contribution in [-0.4, -0.2) is 17.0 Å². The minimum Gasteiger partial charge on any atom is -0.393 e. The number of aliphatic hydroxyl groups excluding tert-OH is 1. The Labute approximate surface area is 118 Å². The number of benzene rings is 1. The number of ketones is 1. The molecule has 1 N–H and O–H groups in total. The number of carbonyl (C=O) groups is 1. The number of Topliss-reactive ketones (excluding diaryl/α,β-unsaturated/α-hetero) is 1. The average molecular weight is 313 g/mol. The van der Waals surface area contributed by atoms with Gasteiger partial charge in [0.05, 0.1) is 6.10 Å². The molecule has 0 spiro atoms. The predicted molar refractivity (Wildman–Crippen MR) is 77.9 cm³/mol. The maximum Gasteiger partial charge on any atom is 0.165 e. The molecule has 2 nitrogen and oxygen atoms in total. The molecular formula is C15H21BrO2. The zero-order valence-corrected chi connectivity index (χ0v) is 12.4. The number of halogens is 1. The second-order valence-corrected chi connectivity index (χ2v) is 5.55. The van der Waals surface area contributed by atoms with E-state index in [4.69, 9.17) is 0 Å². The molecule has 0 amide bonds. The van der Waals surface area contributed by atoms with Crippen LogP contribution in [0.1, 0.15) is 55.8 Å². The molecule has 1 aromatic carbocycles. The Kier molecular flexibility index (Phi) is 7.21. The standard InChI is InChI=1S/C15H21BrO2/c1-2-3-4-5-6-14(17)11-15(18)12-7-9-13(16)10-8-12/h7-10,14,17H,2-6,11H2,1H3. The molecule has 0 aliphatic carbocycles. The highest BCUT2D eigenvalue weighted by Gasteiger charge is 2.12. The number of hydrogen-bond acceptors (Lipinski definition) is 2. The molecule has 1 unspecified atom stereocenters. The van der Waals surface area contributed by atoms with E-state index in [1.165, 1.54) is 12.8 Å². The second-order valence-electron chi connectivity index (χ2n) is 4.64. The van der Waals surface area contributed by atoms with E-state index >= 15 is 0 Å². The Bertz CT molecular complexity index is 359. The van der Waals surface area contributed by atoms with Crippen molar-refractivity contribution in [2.45, 2.75) is 51.6 Å². The minimum atomic E-state index is -0.502. The first-order chi connectivity index (χ1) is 8.63. The molecule has 1 aromatic rings. The molecular weight excluding hydrogens is 292 g/mol. The molecule has 0 aromatic heterocycles. The van der Waals surface area contributed by atoms with E-state index in [9.17, 15) is 9.90 Å². The first kappa shape index (κ1) is 15.4. The van der Waals surface area contributed by atoms with Crippen LogP contribution >= 0.6 is 15.9 Å². The summed E-state index contributed by atoms with van der Waals surface area (Å²) in [5, 5.41) is 9.80. The van der Waals surface area contributed by atoms with Crippen LogP contribution in [0, 0.1) is 0 Å². The smallest absolute Gasteiger partial charge is 0.165 e. The highest BCUT2D eigenvalue weighted by Crippen LogP contribution is 2.14. The van der Waals surface area contributed by atoms with E-state index in [1.54, 1.807) is 12.1 Å². The third-order valence-corrected chi connectivity index (χ3v) is 3.51. The number of carbonyl (C=O) groups excluding carboxylic acids is 1. The number of unbranched alkanes of at least 4 members (excludes halogenated alkanes) is 3. The van der Waals surface area contributed by atoms with E-state index in [0.29, 0.717) is 5.56 Å². The molecule has 3 heteroatoms. The van der Waals surface area contributed by atoms with Gasteiger partial charge in [-0.15, -0.1) is 0 Å². The topological polar surface area (TPSA) is 37.3 Å². The summed E-state index contributed by atoms with van der Waals surface area (Å²) in [5.74, 6) is 0.0190. The van der Waals surface area contributed by atoms with Crippen LogP contribution < -0.4 is 0 Å².